The largest absolute Gasteiger partial charge is 0.495 e. The van der Waals surface area contributed by atoms with Crippen LogP contribution in [0.15, 0.2) is 43.0 Å². The number of nitrogens with two attached hydrogens (primary N) is 1. The van der Waals surface area contributed by atoms with Crippen molar-refractivity contribution in [3.8, 4) is 5.75 Å². The van der Waals surface area contributed by atoms with Crippen LogP contribution < -0.4 is 15.4 Å². The Balaban J connectivity index is 1.99. The van der Waals surface area contributed by atoms with Gasteiger partial charge in [-0.15, -0.1) is 0 Å². The number of para-hydroxylation sites is 2. The van der Waals surface area contributed by atoms with Gasteiger partial charge in [0.1, 0.15) is 5.75 Å². The Hall–Kier alpha value is -2.01. The number of aryl methyl sites for hydroxylation is 1. The lowest BCUT2D eigenvalue weighted by molar-refractivity contribution is 0.413. The van der Waals surface area contributed by atoms with Gasteiger partial charge in [0.05, 0.1) is 19.1 Å². The molecular formula is C16H24N4O. The fourth-order valence-corrected chi connectivity index (χ4v) is 2.39. The van der Waals surface area contributed by atoms with Gasteiger partial charge in [0.25, 0.3) is 0 Å². The quantitative estimate of drug-likeness (QED) is 0.768. The second-order valence-corrected chi connectivity index (χ2v) is 4.96. The van der Waals surface area contributed by atoms with E-state index in [0.717, 1.165) is 43.9 Å². The minimum absolute atomic E-state index is 0.702. The molecule has 2 N–H and O–H groups in total. The zero-order valence-electron chi connectivity index (χ0n) is 12.6. The lowest BCUT2D eigenvalue weighted by Crippen LogP contribution is -2.28. The molecular weight excluding hydrogens is 264 g/mol. The number of methoxy groups -OCH3 is 1. The summed E-state index contributed by atoms with van der Waals surface area (Å²) in [6.07, 6.45) is 7.69. The third-order valence-corrected chi connectivity index (χ3v) is 3.46. The zero-order chi connectivity index (χ0) is 14.9. The van der Waals surface area contributed by atoms with Crippen LogP contribution in [0.2, 0.25) is 0 Å². The smallest absolute Gasteiger partial charge is 0.142 e. The minimum Gasteiger partial charge on any atom is -0.495 e. The first-order chi connectivity index (χ1) is 10.3. The summed E-state index contributed by atoms with van der Waals surface area (Å²) in [5.74, 6) is 0.914. The van der Waals surface area contributed by atoms with Gasteiger partial charge in [0, 0.05) is 32.0 Å². The third kappa shape index (κ3) is 4.49. The van der Waals surface area contributed by atoms with Crippen molar-refractivity contribution in [2.75, 3.05) is 31.6 Å². The highest BCUT2D eigenvalue weighted by Crippen LogP contribution is 2.27. The molecule has 0 unspecified atom stereocenters. The number of imidazole rings is 1. The maximum absolute atomic E-state index is 5.66. The highest BCUT2D eigenvalue weighted by Gasteiger charge is 2.10. The number of hydrogen-bond acceptors (Lipinski definition) is 4. The second kappa shape index (κ2) is 8.32. The lowest BCUT2D eigenvalue weighted by atomic mass is 10.2. The van der Waals surface area contributed by atoms with Crippen LogP contribution in [0.3, 0.4) is 0 Å². The number of ether oxygens (including phenoxy) is 1. The molecule has 0 saturated heterocycles. The molecule has 2 aromatic rings. The molecule has 0 radical (unpaired) electrons. The van der Waals surface area contributed by atoms with Crippen LogP contribution in [-0.4, -0.2) is 36.3 Å². The van der Waals surface area contributed by atoms with Crippen molar-refractivity contribution in [3.05, 3.63) is 43.0 Å². The van der Waals surface area contributed by atoms with Crippen LogP contribution in [0.5, 0.6) is 5.75 Å². The third-order valence-electron chi connectivity index (χ3n) is 3.46. The van der Waals surface area contributed by atoms with Gasteiger partial charge in [0.15, 0.2) is 0 Å². The van der Waals surface area contributed by atoms with Crippen molar-refractivity contribution in [3.63, 3.8) is 0 Å². The van der Waals surface area contributed by atoms with Crippen LogP contribution in [0.25, 0.3) is 0 Å². The number of rotatable bonds is 9. The number of aromatic nitrogens is 2. The van der Waals surface area contributed by atoms with E-state index in [-0.39, 0.29) is 0 Å². The average Bonchev–Trinajstić information content (AvgIpc) is 3.04. The number of anilines is 1. The number of nitrogens with zero attached hydrogens (tertiary/aromatic N) is 3. The predicted molar refractivity (Wildman–Crippen MR) is 85.7 cm³/mol. The van der Waals surface area contributed by atoms with Crippen LogP contribution >= 0.6 is 0 Å². The Morgan fingerprint density at radius 3 is 2.76 bits per heavy atom. The Kier molecular flexibility index (Phi) is 6.09. The van der Waals surface area contributed by atoms with Gasteiger partial charge < -0.3 is 19.9 Å². The summed E-state index contributed by atoms with van der Waals surface area (Å²) >= 11 is 0. The molecule has 0 bridgehead atoms. The molecule has 5 heteroatoms. The first-order valence-corrected chi connectivity index (χ1v) is 7.39. The molecule has 1 heterocycles. The molecule has 0 aliphatic carbocycles. The highest BCUT2D eigenvalue weighted by molar-refractivity contribution is 5.58. The van der Waals surface area contributed by atoms with Crippen LogP contribution in [0.1, 0.15) is 12.8 Å². The van der Waals surface area contributed by atoms with E-state index in [9.17, 15) is 0 Å². The monoisotopic (exact) mass is 288 g/mol. The average molecular weight is 288 g/mol. The molecule has 5 nitrogen and oxygen atoms in total. The van der Waals surface area contributed by atoms with Crippen molar-refractivity contribution < 1.29 is 4.74 Å². The standard InChI is InChI=1S/C16H24N4O/c1-21-16-7-3-2-6-15(16)20(11-4-8-17)12-5-10-19-13-9-18-14-19/h2-3,6-7,9,13-14H,4-5,8,10-12,17H2,1H3. The van der Waals surface area contributed by atoms with E-state index < -0.39 is 0 Å². The Bertz CT molecular complexity index is 513. The van der Waals surface area contributed by atoms with Crippen molar-refractivity contribution in [1.82, 2.24) is 9.55 Å². The van der Waals surface area contributed by atoms with Gasteiger partial charge in [-0.3, -0.25) is 0 Å². The van der Waals surface area contributed by atoms with Crippen molar-refractivity contribution in [2.24, 2.45) is 5.73 Å². The van der Waals surface area contributed by atoms with Crippen LogP contribution in [0.4, 0.5) is 5.69 Å². The lowest BCUT2D eigenvalue weighted by Gasteiger charge is -2.26. The summed E-state index contributed by atoms with van der Waals surface area (Å²) < 4.78 is 7.57. The van der Waals surface area contributed by atoms with E-state index in [2.05, 4.69) is 20.5 Å². The Morgan fingerprint density at radius 2 is 2.05 bits per heavy atom. The van der Waals surface area contributed by atoms with Gasteiger partial charge in [-0.05, 0) is 31.5 Å². The van der Waals surface area contributed by atoms with E-state index >= 15 is 0 Å². The number of benzene rings is 1. The fraction of sp³-hybridized carbons (Fsp3) is 0.438. The molecule has 1 aromatic carbocycles. The maximum Gasteiger partial charge on any atom is 0.142 e. The van der Waals surface area contributed by atoms with Crippen LogP contribution in [-0.2, 0) is 6.54 Å². The molecule has 2 rings (SSSR count). The molecule has 0 saturated carbocycles. The zero-order valence-corrected chi connectivity index (χ0v) is 12.6. The van der Waals surface area contributed by atoms with Crippen molar-refractivity contribution >= 4 is 5.69 Å². The Labute approximate surface area is 126 Å². The predicted octanol–water partition coefficient (Wildman–Crippen LogP) is 2.14. The Morgan fingerprint density at radius 1 is 1.24 bits per heavy atom. The molecule has 0 aliphatic rings. The fourth-order valence-electron chi connectivity index (χ4n) is 2.39. The van der Waals surface area contributed by atoms with E-state index in [4.69, 9.17) is 10.5 Å². The first-order valence-electron chi connectivity index (χ1n) is 7.39. The SMILES string of the molecule is COc1ccccc1N(CCCN)CCCn1ccnc1. The first kappa shape index (κ1) is 15.4. The van der Waals surface area contributed by atoms with E-state index in [0.29, 0.717) is 6.54 Å². The van der Waals surface area contributed by atoms with Gasteiger partial charge >= 0.3 is 0 Å². The van der Waals surface area contributed by atoms with E-state index in [1.807, 2.05) is 36.9 Å². The molecule has 0 fully saturated rings. The summed E-state index contributed by atoms with van der Waals surface area (Å²) in [7, 11) is 1.71. The molecule has 21 heavy (non-hydrogen) atoms. The topological polar surface area (TPSA) is 56.3 Å². The molecule has 0 aliphatic heterocycles. The summed E-state index contributed by atoms with van der Waals surface area (Å²) in [5.41, 5.74) is 6.80. The summed E-state index contributed by atoms with van der Waals surface area (Å²) in [6, 6.07) is 8.14. The number of hydrogen-bond donors (Lipinski definition) is 1. The van der Waals surface area contributed by atoms with E-state index in [1.54, 1.807) is 7.11 Å². The van der Waals surface area contributed by atoms with Gasteiger partial charge in [-0.1, -0.05) is 12.1 Å². The van der Waals surface area contributed by atoms with Crippen LogP contribution in [0, 0.1) is 0 Å². The highest BCUT2D eigenvalue weighted by atomic mass is 16.5. The van der Waals surface area contributed by atoms with Gasteiger partial charge in [-0.25, -0.2) is 4.98 Å². The van der Waals surface area contributed by atoms with Crippen molar-refractivity contribution in [2.45, 2.75) is 19.4 Å². The molecule has 0 atom stereocenters. The molecule has 114 valence electrons. The second-order valence-electron chi connectivity index (χ2n) is 4.96. The minimum atomic E-state index is 0.702. The summed E-state index contributed by atoms with van der Waals surface area (Å²) in [6.45, 7) is 3.58. The summed E-state index contributed by atoms with van der Waals surface area (Å²) in [4.78, 5) is 6.42. The molecule has 0 spiro atoms. The molecule has 0 amide bonds. The van der Waals surface area contributed by atoms with Crippen molar-refractivity contribution in [1.29, 1.82) is 0 Å². The van der Waals surface area contributed by atoms with E-state index in [1.165, 1.54) is 0 Å². The molecule has 1 aromatic heterocycles. The maximum atomic E-state index is 5.66. The van der Waals surface area contributed by atoms with Gasteiger partial charge in [0.2, 0.25) is 0 Å². The summed E-state index contributed by atoms with van der Waals surface area (Å²) in [5, 5.41) is 0. The van der Waals surface area contributed by atoms with Gasteiger partial charge in [-0.2, -0.15) is 0 Å². The normalized spacial score (nSPS) is 10.6.